The molecule has 0 aliphatic heterocycles. The van der Waals surface area contributed by atoms with Crippen molar-refractivity contribution < 1.29 is 5.11 Å². The number of terminal acetylenes is 1. The monoisotopic (exact) mass is 186 g/mol. The second-order valence-electron chi connectivity index (χ2n) is 3.94. The topological polar surface area (TPSA) is 20.2 Å². The standard InChI is InChI=1S/C13H14O/c1-2-12(14)13(9-6-10-13)11-7-4-3-5-8-11/h1,3-5,7-8,12,14H,6,9-10H2/t12-/m0/s1. The Bertz CT molecular complexity index is 343. The highest BCUT2D eigenvalue weighted by atomic mass is 16.3. The van der Waals surface area contributed by atoms with Crippen molar-refractivity contribution in [3.05, 3.63) is 35.9 Å². The van der Waals surface area contributed by atoms with Gasteiger partial charge in [0.1, 0.15) is 6.10 Å². The van der Waals surface area contributed by atoms with Crippen molar-refractivity contribution in [3.8, 4) is 12.3 Å². The molecular formula is C13H14O. The summed E-state index contributed by atoms with van der Waals surface area (Å²) in [5, 5.41) is 9.85. The first-order chi connectivity index (χ1) is 6.79. The number of aliphatic hydroxyl groups is 1. The summed E-state index contributed by atoms with van der Waals surface area (Å²) in [6.45, 7) is 0. The molecule has 1 nitrogen and oxygen atoms in total. The van der Waals surface area contributed by atoms with Crippen LogP contribution in [0.2, 0.25) is 0 Å². The molecule has 0 bridgehead atoms. The van der Waals surface area contributed by atoms with Gasteiger partial charge in [0.25, 0.3) is 0 Å². The summed E-state index contributed by atoms with van der Waals surface area (Å²) in [7, 11) is 0. The van der Waals surface area contributed by atoms with Crippen LogP contribution >= 0.6 is 0 Å². The Hall–Kier alpha value is -1.26. The predicted molar refractivity (Wildman–Crippen MR) is 56.8 cm³/mol. The first-order valence-corrected chi connectivity index (χ1v) is 4.99. The third-order valence-electron chi connectivity index (χ3n) is 3.28. The molecule has 1 atom stereocenters. The van der Waals surface area contributed by atoms with Crippen molar-refractivity contribution in [2.75, 3.05) is 0 Å². The fourth-order valence-electron chi connectivity index (χ4n) is 2.21. The van der Waals surface area contributed by atoms with E-state index in [-0.39, 0.29) is 5.41 Å². The Labute approximate surface area is 84.8 Å². The average molecular weight is 186 g/mol. The van der Waals surface area contributed by atoms with Crippen LogP contribution < -0.4 is 0 Å². The molecular weight excluding hydrogens is 172 g/mol. The first-order valence-electron chi connectivity index (χ1n) is 4.99. The van der Waals surface area contributed by atoms with Gasteiger partial charge in [-0.25, -0.2) is 0 Å². The molecule has 2 rings (SSSR count). The maximum Gasteiger partial charge on any atom is 0.124 e. The van der Waals surface area contributed by atoms with Gasteiger partial charge in [-0.1, -0.05) is 42.7 Å². The van der Waals surface area contributed by atoms with Gasteiger partial charge in [-0.05, 0) is 18.4 Å². The Morgan fingerprint density at radius 2 is 1.93 bits per heavy atom. The van der Waals surface area contributed by atoms with Crippen LogP contribution in [-0.4, -0.2) is 11.2 Å². The molecule has 0 radical (unpaired) electrons. The van der Waals surface area contributed by atoms with Crippen LogP contribution in [-0.2, 0) is 5.41 Å². The quantitative estimate of drug-likeness (QED) is 0.701. The Balaban J connectivity index is 2.35. The maximum atomic E-state index is 9.85. The lowest BCUT2D eigenvalue weighted by Gasteiger charge is -2.44. The van der Waals surface area contributed by atoms with Crippen molar-refractivity contribution in [1.82, 2.24) is 0 Å². The van der Waals surface area contributed by atoms with Crippen LogP contribution in [0.1, 0.15) is 24.8 Å². The molecule has 1 heteroatoms. The zero-order valence-electron chi connectivity index (χ0n) is 8.11. The van der Waals surface area contributed by atoms with E-state index in [4.69, 9.17) is 6.42 Å². The summed E-state index contributed by atoms with van der Waals surface area (Å²) >= 11 is 0. The van der Waals surface area contributed by atoms with Crippen molar-refractivity contribution in [2.24, 2.45) is 0 Å². The van der Waals surface area contributed by atoms with Crippen LogP contribution in [0.4, 0.5) is 0 Å². The molecule has 0 heterocycles. The van der Waals surface area contributed by atoms with Crippen LogP contribution in [0.25, 0.3) is 0 Å². The van der Waals surface area contributed by atoms with Crippen molar-refractivity contribution in [1.29, 1.82) is 0 Å². The van der Waals surface area contributed by atoms with Gasteiger partial charge >= 0.3 is 0 Å². The average Bonchev–Trinajstić information content (AvgIpc) is 2.17. The van der Waals surface area contributed by atoms with Crippen molar-refractivity contribution in [3.63, 3.8) is 0 Å². The molecule has 72 valence electrons. The second kappa shape index (κ2) is 3.48. The first kappa shape index (κ1) is 9.30. The van der Waals surface area contributed by atoms with Crippen LogP contribution in [0.15, 0.2) is 30.3 Å². The van der Waals surface area contributed by atoms with Crippen LogP contribution in [0, 0.1) is 12.3 Å². The van der Waals surface area contributed by atoms with Crippen LogP contribution in [0.3, 0.4) is 0 Å². The fraction of sp³-hybridized carbons (Fsp3) is 0.385. The molecule has 1 fully saturated rings. The van der Waals surface area contributed by atoms with Gasteiger partial charge in [0.15, 0.2) is 0 Å². The molecule has 0 aromatic heterocycles. The maximum absolute atomic E-state index is 9.85. The third-order valence-corrected chi connectivity index (χ3v) is 3.28. The normalized spacial score (nSPS) is 20.6. The predicted octanol–water partition coefficient (Wildman–Crippen LogP) is 2.10. The van der Waals surface area contributed by atoms with Gasteiger partial charge < -0.3 is 5.11 Å². The van der Waals surface area contributed by atoms with Gasteiger partial charge in [-0.15, -0.1) is 6.42 Å². The molecule has 1 aliphatic rings. The smallest absolute Gasteiger partial charge is 0.124 e. The molecule has 0 spiro atoms. The van der Waals surface area contributed by atoms with Gasteiger partial charge in [-0.3, -0.25) is 0 Å². The molecule has 0 unspecified atom stereocenters. The summed E-state index contributed by atoms with van der Waals surface area (Å²) in [6, 6.07) is 10.1. The highest BCUT2D eigenvalue weighted by molar-refractivity contribution is 5.32. The van der Waals surface area contributed by atoms with Crippen LogP contribution in [0.5, 0.6) is 0 Å². The number of hydrogen-bond donors (Lipinski definition) is 1. The van der Waals surface area contributed by atoms with E-state index in [0.29, 0.717) is 0 Å². The molecule has 1 aromatic carbocycles. The zero-order valence-corrected chi connectivity index (χ0v) is 8.11. The summed E-state index contributed by atoms with van der Waals surface area (Å²) < 4.78 is 0. The summed E-state index contributed by atoms with van der Waals surface area (Å²) in [5.41, 5.74) is 1.02. The molecule has 1 N–H and O–H groups in total. The minimum atomic E-state index is -0.640. The van der Waals surface area contributed by atoms with E-state index in [1.54, 1.807) is 0 Å². The third kappa shape index (κ3) is 1.23. The lowest BCUT2D eigenvalue weighted by molar-refractivity contribution is 0.0697. The molecule has 1 aliphatic carbocycles. The van der Waals surface area contributed by atoms with E-state index in [9.17, 15) is 5.11 Å². The fourth-order valence-corrected chi connectivity index (χ4v) is 2.21. The van der Waals surface area contributed by atoms with E-state index >= 15 is 0 Å². The largest absolute Gasteiger partial charge is 0.379 e. The van der Waals surface area contributed by atoms with Crippen molar-refractivity contribution >= 4 is 0 Å². The van der Waals surface area contributed by atoms with Crippen molar-refractivity contribution in [2.45, 2.75) is 30.8 Å². The van der Waals surface area contributed by atoms with E-state index in [2.05, 4.69) is 18.1 Å². The highest BCUT2D eigenvalue weighted by Crippen LogP contribution is 2.46. The lowest BCUT2D eigenvalue weighted by Crippen LogP contribution is -2.44. The molecule has 14 heavy (non-hydrogen) atoms. The molecule has 0 amide bonds. The summed E-state index contributed by atoms with van der Waals surface area (Å²) in [5.74, 6) is 2.46. The summed E-state index contributed by atoms with van der Waals surface area (Å²) in [4.78, 5) is 0. The zero-order chi connectivity index (χ0) is 10.0. The number of benzene rings is 1. The number of hydrogen-bond acceptors (Lipinski definition) is 1. The van der Waals surface area contributed by atoms with E-state index in [1.165, 1.54) is 5.56 Å². The van der Waals surface area contributed by atoms with E-state index in [0.717, 1.165) is 19.3 Å². The Morgan fingerprint density at radius 3 is 2.36 bits per heavy atom. The Morgan fingerprint density at radius 1 is 1.29 bits per heavy atom. The van der Waals surface area contributed by atoms with E-state index in [1.807, 2.05) is 18.2 Å². The second-order valence-corrected chi connectivity index (χ2v) is 3.94. The highest BCUT2D eigenvalue weighted by Gasteiger charge is 2.44. The van der Waals surface area contributed by atoms with Gasteiger partial charge in [0.05, 0.1) is 0 Å². The van der Waals surface area contributed by atoms with Gasteiger partial charge in [0.2, 0.25) is 0 Å². The SMILES string of the molecule is C#C[C@H](O)C1(c2ccccc2)CCC1. The number of rotatable bonds is 2. The van der Waals surface area contributed by atoms with Gasteiger partial charge in [0, 0.05) is 5.41 Å². The molecule has 0 saturated heterocycles. The summed E-state index contributed by atoms with van der Waals surface area (Å²) in [6.07, 6.45) is 7.83. The Kier molecular flexibility index (Phi) is 2.31. The van der Waals surface area contributed by atoms with Gasteiger partial charge in [-0.2, -0.15) is 0 Å². The number of aliphatic hydroxyl groups excluding tert-OH is 1. The minimum Gasteiger partial charge on any atom is -0.379 e. The minimum absolute atomic E-state index is 0.157. The lowest BCUT2D eigenvalue weighted by atomic mass is 9.61. The molecule has 1 aromatic rings. The van der Waals surface area contributed by atoms with E-state index < -0.39 is 6.10 Å². The molecule has 1 saturated carbocycles.